The lowest BCUT2D eigenvalue weighted by Crippen LogP contribution is -2.52. The first-order chi connectivity index (χ1) is 20.5. The molecule has 0 spiro atoms. The minimum absolute atomic E-state index is 0.238. The van der Waals surface area contributed by atoms with Crippen LogP contribution in [0.25, 0.3) is 0 Å². The zero-order chi connectivity index (χ0) is 31.5. The van der Waals surface area contributed by atoms with Crippen LogP contribution in [0.3, 0.4) is 0 Å². The lowest BCUT2D eigenvalue weighted by Gasteiger charge is -2.26. The number of ether oxygens (including phenoxy) is 1. The second-order valence-electron chi connectivity index (χ2n) is 12.2. The molecule has 3 rings (SSSR count). The van der Waals surface area contributed by atoms with E-state index in [-0.39, 0.29) is 17.4 Å². The molecule has 4 atom stereocenters. The predicted octanol–water partition coefficient (Wildman–Crippen LogP) is 5.77. The first-order valence-electron chi connectivity index (χ1n) is 15.6. The first-order valence-corrected chi connectivity index (χ1v) is 15.6. The Balaban J connectivity index is 1.54. The van der Waals surface area contributed by atoms with Crippen LogP contribution in [-0.4, -0.2) is 47.4 Å². The molecule has 0 bridgehead atoms. The third kappa shape index (κ3) is 10.2. The fraction of sp³-hybridized carbons (Fsp3) is 0.688. The maximum atomic E-state index is 14.1. The van der Waals surface area contributed by atoms with Crippen molar-refractivity contribution in [3.05, 3.63) is 29.1 Å². The summed E-state index contributed by atoms with van der Waals surface area (Å²) in [5.74, 6) is -7.03. The maximum absolute atomic E-state index is 14.1. The minimum atomic E-state index is -1.57. The Morgan fingerprint density at radius 2 is 1.42 bits per heavy atom. The summed E-state index contributed by atoms with van der Waals surface area (Å²) < 4.78 is 46.5. The summed E-state index contributed by atoms with van der Waals surface area (Å²) in [6, 6.07) is -2.28. The van der Waals surface area contributed by atoms with E-state index in [2.05, 4.69) is 10.6 Å². The van der Waals surface area contributed by atoms with Gasteiger partial charge in [-0.3, -0.25) is 19.2 Å². The number of hydrogen-bond donors (Lipinski definition) is 3. The van der Waals surface area contributed by atoms with Crippen LogP contribution in [0.15, 0.2) is 6.07 Å². The summed E-state index contributed by atoms with van der Waals surface area (Å²) in [6.07, 6.45) is 13.8. The molecule has 3 N–H and O–H groups in total. The quantitative estimate of drug-likeness (QED) is 0.216. The molecule has 2 amide bonds. The van der Waals surface area contributed by atoms with Crippen molar-refractivity contribution in [1.82, 2.24) is 10.6 Å². The molecule has 1 aromatic carbocycles. The number of nitrogens with one attached hydrogen (secondary N) is 2. The fourth-order valence-corrected chi connectivity index (χ4v) is 6.42. The number of carboxylic acid groups (broad SMARTS) is 1. The van der Waals surface area contributed by atoms with Crippen LogP contribution in [0.5, 0.6) is 5.75 Å². The Morgan fingerprint density at radius 3 is 2.05 bits per heavy atom. The Bertz CT molecular complexity index is 1110. The lowest BCUT2D eigenvalue weighted by atomic mass is 9.80. The van der Waals surface area contributed by atoms with Crippen molar-refractivity contribution < 1.29 is 42.2 Å². The van der Waals surface area contributed by atoms with Crippen molar-refractivity contribution in [3.8, 4) is 5.75 Å². The van der Waals surface area contributed by atoms with Gasteiger partial charge in [-0.05, 0) is 38.5 Å². The smallest absolute Gasteiger partial charge is 0.305 e. The number of carbonyl (C=O) groups is 4. The van der Waals surface area contributed by atoms with Crippen molar-refractivity contribution in [2.45, 2.75) is 116 Å². The van der Waals surface area contributed by atoms with E-state index in [0.29, 0.717) is 12.0 Å². The van der Waals surface area contributed by atoms with Crippen LogP contribution in [0, 0.1) is 42.1 Å². The van der Waals surface area contributed by atoms with Gasteiger partial charge in [0.2, 0.25) is 17.6 Å². The maximum Gasteiger partial charge on any atom is 0.305 e. The molecule has 1 aromatic rings. The minimum Gasteiger partial charge on any atom is -0.482 e. The molecule has 2 fully saturated rings. The Morgan fingerprint density at radius 1 is 0.860 bits per heavy atom. The normalized spacial score (nSPS) is 21.7. The van der Waals surface area contributed by atoms with Crippen molar-refractivity contribution in [2.24, 2.45) is 17.8 Å². The molecule has 8 nitrogen and oxygen atoms in total. The number of carboxylic acids is 1. The number of benzene rings is 1. The summed E-state index contributed by atoms with van der Waals surface area (Å²) >= 11 is 0. The number of halogens is 3. The number of carbonyl (C=O) groups excluding carboxylic acids is 3. The van der Waals surface area contributed by atoms with Gasteiger partial charge < -0.3 is 20.5 Å². The van der Waals surface area contributed by atoms with Crippen LogP contribution in [0.2, 0.25) is 0 Å². The van der Waals surface area contributed by atoms with Crippen molar-refractivity contribution in [3.63, 3.8) is 0 Å². The highest BCUT2D eigenvalue weighted by atomic mass is 19.2. The van der Waals surface area contributed by atoms with Gasteiger partial charge in [0.1, 0.15) is 24.5 Å². The summed E-state index contributed by atoms with van der Waals surface area (Å²) in [4.78, 5) is 50.1. The number of amides is 2. The third-order valence-electron chi connectivity index (χ3n) is 9.00. The van der Waals surface area contributed by atoms with Gasteiger partial charge in [-0.1, -0.05) is 70.6 Å². The van der Waals surface area contributed by atoms with Crippen LogP contribution in [0.4, 0.5) is 13.2 Å². The zero-order valence-electron chi connectivity index (χ0n) is 25.2. The molecule has 240 valence electrons. The molecular weight excluding hydrogens is 565 g/mol. The number of Topliss-reactive ketones (excluding diaryl/α,β-unsaturated/α-hetero) is 1. The Hall–Kier alpha value is -3.11. The van der Waals surface area contributed by atoms with Crippen molar-refractivity contribution in [2.75, 3.05) is 6.61 Å². The molecule has 2 aliphatic carbocycles. The van der Waals surface area contributed by atoms with Gasteiger partial charge >= 0.3 is 5.97 Å². The highest BCUT2D eigenvalue weighted by Gasteiger charge is 2.30. The van der Waals surface area contributed by atoms with Gasteiger partial charge in [0.05, 0.1) is 6.42 Å². The number of aliphatic carboxylic acids is 1. The summed E-state index contributed by atoms with van der Waals surface area (Å²) in [5.41, 5.74) is -0.369. The number of rotatable bonds is 11. The van der Waals surface area contributed by atoms with Crippen LogP contribution in [0.1, 0.15) is 102 Å². The average Bonchev–Trinajstić information content (AvgIpc) is 3.17. The van der Waals surface area contributed by atoms with E-state index >= 15 is 0 Å². The van der Waals surface area contributed by atoms with Gasteiger partial charge in [-0.2, -0.15) is 4.39 Å². The zero-order valence-corrected chi connectivity index (χ0v) is 25.2. The fourth-order valence-electron chi connectivity index (χ4n) is 6.42. The van der Waals surface area contributed by atoms with Crippen LogP contribution in [-0.2, 0) is 19.2 Å². The van der Waals surface area contributed by atoms with Crippen LogP contribution < -0.4 is 15.4 Å². The van der Waals surface area contributed by atoms with E-state index < -0.39 is 66.0 Å². The second kappa shape index (κ2) is 16.7. The molecule has 2 aliphatic rings. The molecule has 43 heavy (non-hydrogen) atoms. The SMILES string of the molecule is Cc1c(F)cc(F)c(F)c1OCC(=O)[C@H](CC(=O)O)NC(=O)[C@H](C)NC(=O)C1CCCCC(C2CCCCCC2)CCC1. The van der Waals surface area contributed by atoms with Crippen molar-refractivity contribution >= 4 is 23.6 Å². The molecule has 0 aromatic heterocycles. The van der Waals surface area contributed by atoms with E-state index in [9.17, 15) is 37.5 Å². The number of ketones is 1. The molecule has 2 unspecified atom stereocenters. The van der Waals surface area contributed by atoms with Gasteiger partial charge in [-0.15, -0.1) is 0 Å². The van der Waals surface area contributed by atoms with Gasteiger partial charge in [0, 0.05) is 17.5 Å². The van der Waals surface area contributed by atoms with E-state index in [1.165, 1.54) is 51.9 Å². The van der Waals surface area contributed by atoms with Gasteiger partial charge in [0.25, 0.3) is 0 Å². The Labute approximate surface area is 251 Å². The summed E-state index contributed by atoms with van der Waals surface area (Å²) in [7, 11) is 0. The lowest BCUT2D eigenvalue weighted by molar-refractivity contribution is -0.141. The summed E-state index contributed by atoms with van der Waals surface area (Å²) in [6.45, 7) is 1.63. The molecule has 0 radical (unpaired) electrons. The average molecular weight is 611 g/mol. The molecule has 11 heteroatoms. The first kappa shape index (κ1) is 34.4. The van der Waals surface area contributed by atoms with Gasteiger partial charge in [-0.25, -0.2) is 8.78 Å². The number of hydrogen-bond acceptors (Lipinski definition) is 5. The Kier molecular flexibility index (Phi) is 13.3. The molecule has 2 saturated carbocycles. The topological polar surface area (TPSA) is 122 Å². The molecule has 0 aliphatic heterocycles. The predicted molar refractivity (Wildman–Crippen MR) is 154 cm³/mol. The summed E-state index contributed by atoms with van der Waals surface area (Å²) in [5, 5.41) is 14.3. The molecule has 0 heterocycles. The molecular formula is C32H45F3N2O6. The second-order valence-corrected chi connectivity index (χ2v) is 12.2. The van der Waals surface area contributed by atoms with E-state index in [1.807, 2.05) is 0 Å². The van der Waals surface area contributed by atoms with Crippen LogP contribution >= 0.6 is 0 Å². The monoisotopic (exact) mass is 610 g/mol. The van der Waals surface area contributed by atoms with E-state index in [4.69, 9.17) is 4.74 Å². The highest BCUT2D eigenvalue weighted by Crippen LogP contribution is 2.36. The highest BCUT2D eigenvalue weighted by molar-refractivity contribution is 5.95. The van der Waals surface area contributed by atoms with Gasteiger partial charge in [0.15, 0.2) is 17.3 Å². The standard InChI is InChI=1S/C32H45F3N2O6/c1-19-24(33)16-25(34)29(35)30(19)43-18-27(38)26(17-28(39)40)37-31(41)20(2)36-32(42)23-13-8-7-12-22(14-9-15-23)21-10-5-3-4-6-11-21/h16,20-23,26H,3-15,17-18H2,1-2H3,(H,36,42)(H,37,41)(H,39,40)/t20-,22?,23?,26-/m0/s1. The van der Waals surface area contributed by atoms with Crippen molar-refractivity contribution in [1.29, 1.82) is 0 Å². The third-order valence-corrected chi connectivity index (χ3v) is 9.00. The van der Waals surface area contributed by atoms with E-state index in [0.717, 1.165) is 51.4 Å². The largest absolute Gasteiger partial charge is 0.482 e. The molecule has 0 saturated heterocycles. The van der Waals surface area contributed by atoms with E-state index in [1.54, 1.807) is 0 Å².